The van der Waals surface area contributed by atoms with E-state index in [9.17, 15) is 9.59 Å². The lowest BCUT2D eigenvalue weighted by molar-refractivity contribution is -0.134. The number of aryl methyl sites for hydroxylation is 1. The van der Waals surface area contributed by atoms with Gasteiger partial charge >= 0.3 is 0 Å². The fourth-order valence-corrected chi connectivity index (χ4v) is 5.47. The number of piperidine rings is 1. The molecule has 1 amide bonds. The summed E-state index contributed by atoms with van der Waals surface area (Å²) >= 11 is 1.66. The Bertz CT molecular complexity index is 1110. The molecule has 28 heavy (non-hydrogen) atoms. The van der Waals surface area contributed by atoms with E-state index in [1.54, 1.807) is 23.6 Å². The zero-order chi connectivity index (χ0) is 20.0. The molecule has 0 aliphatic carbocycles. The van der Waals surface area contributed by atoms with Gasteiger partial charge in [0.2, 0.25) is 5.91 Å². The summed E-state index contributed by atoms with van der Waals surface area (Å²) in [5, 5.41) is 5.19. The van der Waals surface area contributed by atoms with Crippen LogP contribution in [0.25, 0.3) is 21.1 Å². The number of carbonyl (C=O) groups is 1. The summed E-state index contributed by atoms with van der Waals surface area (Å²) in [7, 11) is 0. The van der Waals surface area contributed by atoms with E-state index >= 15 is 0 Å². The number of hydrogen-bond donors (Lipinski definition) is 0. The molecule has 1 saturated heterocycles. The minimum absolute atomic E-state index is 0.0137. The van der Waals surface area contributed by atoms with Gasteiger partial charge in [0, 0.05) is 29.9 Å². The Kier molecular flexibility index (Phi) is 4.87. The van der Waals surface area contributed by atoms with Crippen LogP contribution >= 0.6 is 11.3 Å². The molecule has 4 rings (SSSR count). The zero-order valence-electron chi connectivity index (χ0n) is 16.6. The summed E-state index contributed by atoms with van der Waals surface area (Å²) in [6, 6.07) is 2.09. The highest BCUT2D eigenvalue weighted by Crippen LogP contribution is 2.33. The number of rotatable bonds is 4. The van der Waals surface area contributed by atoms with Crippen molar-refractivity contribution in [1.82, 2.24) is 19.2 Å². The molecule has 7 heteroatoms. The summed E-state index contributed by atoms with van der Waals surface area (Å²) in [6.07, 6.45) is 4.65. The van der Waals surface area contributed by atoms with Crippen LogP contribution in [0, 0.1) is 18.8 Å². The van der Waals surface area contributed by atoms with Crippen LogP contribution < -0.4 is 5.56 Å². The van der Waals surface area contributed by atoms with Gasteiger partial charge in [-0.15, -0.1) is 17.9 Å². The molecule has 2 atom stereocenters. The molecule has 0 saturated carbocycles. The molecule has 0 spiro atoms. The lowest BCUT2D eigenvalue weighted by Gasteiger charge is -2.35. The van der Waals surface area contributed by atoms with Crippen LogP contribution in [0.5, 0.6) is 0 Å². The summed E-state index contributed by atoms with van der Waals surface area (Å²) in [5.74, 6) is 0.936. The highest BCUT2D eigenvalue weighted by atomic mass is 32.1. The molecule has 1 fully saturated rings. The predicted octanol–water partition coefficient (Wildman–Crippen LogP) is 3.41. The third-order valence-corrected chi connectivity index (χ3v) is 6.55. The van der Waals surface area contributed by atoms with Gasteiger partial charge in [-0.25, -0.2) is 4.68 Å². The molecule has 148 valence electrons. The van der Waals surface area contributed by atoms with E-state index in [2.05, 4.69) is 38.5 Å². The van der Waals surface area contributed by atoms with Crippen molar-refractivity contribution >= 4 is 38.4 Å². The number of allylic oxidation sites excluding steroid dienone is 1. The first-order valence-electron chi connectivity index (χ1n) is 9.76. The van der Waals surface area contributed by atoms with Crippen molar-refractivity contribution in [2.24, 2.45) is 11.8 Å². The molecule has 1 aliphatic heterocycles. The van der Waals surface area contributed by atoms with Crippen molar-refractivity contribution < 1.29 is 4.79 Å². The average Bonchev–Trinajstić information content (AvgIpc) is 3.13. The number of likely N-dealkylation sites (tertiary alicyclic amines) is 1. The molecule has 3 aromatic heterocycles. The maximum absolute atomic E-state index is 13.2. The monoisotopic (exact) mass is 398 g/mol. The van der Waals surface area contributed by atoms with E-state index in [4.69, 9.17) is 0 Å². The van der Waals surface area contributed by atoms with Gasteiger partial charge < -0.3 is 9.47 Å². The van der Waals surface area contributed by atoms with Gasteiger partial charge in [0.05, 0.1) is 16.4 Å². The molecule has 1 aliphatic rings. The van der Waals surface area contributed by atoms with Crippen LogP contribution in [-0.4, -0.2) is 38.2 Å². The Hall–Kier alpha value is -2.41. The Morgan fingerprint density at radius 2 is 2.07 bits per heavy atom. The van der Waals surface area contributed by atoms with Crippen LogP contribution in [0.4, 0.5) is 0 Å². The summed E-state index contributed by atoms with van der Waals surface area (Å²) in [5.41, 5.74) is 1.41. The number of nitrogens with zero attached hydrogens (tertiary/aromatic N) is 4. The highest BCUT2D eigenvalue weighted by molar-refractivity contribution is 7.20. The fourth-order valence-electron chi connectivity index (χ4n) is 4.45. The van der Waals surface area contributed by atoms with Gasteiger partial charge in [0.15, 0.2) is 0 Å². The minimum atomic E-state index is -0.216. The van der Waals surface area contributed by atoms with Crippen molar-refractivity contribution in [3.05, 3.63) is 40.1 Å². The van der Waals surface area contributed by atoms with Crippen molar-refractivity contribution in [2.45, 2.75) is 40.3 Å². The maximum atomic E-state index is 13.2. The molecule has 0 bridgehead atoms. The predicted molar refractivity (Wildman–Crippen MR) is 114 cm³/mol. The quantitative estimate of drug-likeness (QED) is 0.633. The van der Waals surface area contributed by atoms with E-state index in [1.165, 1.54) is 9.56 Å². The average molecular weight is 399 g/mol. The third kappa shape index (κ3) is 3.17. The number of aromatic nitrogens is 3. The first-order valence-corrected chi connectivity index (χ1v) is 10.6. The van der Waals surface area contributed by atoms with Crippen LogP contribution in [0.1, 0.15) is 25.1 Å². The molecule has 0 N–H and O–H groups in total. The molecule has 4 heterocycles. The normalized spacial score (nSPS) is 20.2. The fraction of sp³-hybridized carbons (Fsp3) is 0.476. The number of amides is 1. The summed E-state index contributed by atoms with van der Waals surface area (Å²) in [6.45, 7) is 12.3. The Balaban J connectivity index is 1.73. The number of thiophene rings is 1. The second-order valence-corrected chi connectivity index (χ2v) is 9.34. The highest BCUT2D eigenvalue weighted by Gasteiger charge is 2.26. The standard InChI is InChI=1S/C21H26N4O2S/c1-5-6-24-17-8-15(4)28-20(17)16-9-22-25(21(27)19(16)24)12-18(26)23-10-13(2)7-14(3)11-23/h5,8-9,13-14H,1,6-7,10-12H2,2-4H3/t13-,14+. The topological polar surface area (TPSA) is 60.1 Å². The van der Waals surface area contributed by atoms with E-state index in [0.29, 0.717) is 23.9 Å². The second-order valence-electron chi connectivity index (χ2n) is 8.09. The van der Waals surface area contributed by atoms with E-state index < -0.39 is 0 Å². The van der Waals surface area contributed by atoms with Gasteiger partial charge in [-0.3, -0.25) is 9.59 Å². The van der Waals surface area contributed by atoms with Crippen LogP contribution in [-0.2, 0) is 17.9 Å². The van der Waals surface area contributed by atoms with Crippen LogP contribution in [0.2, 0.25) is 0 Å². The van der Waals surface area contributed by atoms with Crippen LogP contribution in [0.15, 0.2) is 29.7 Å². The second kappa shape index (κ2) is 7.20. The van der Waals surface area contributed by atoms with Crippen molar-refractivity contribution in [3.8, 4) is 0 Å². The third-order valence-electron chi connectivity index (χ3n) is 5.48. The molecule has 0 radical (unpaired) electrons. The minimum Gasteiger partial charge on any atom is -0.341 e. The number of hydrogen-bond acceptors (Lipinski definition) is 4. The smallest absolute Gasteiger partial charge is 0.291 e. The van der Waals surface area contributed by atoms with E-state index in [-0.39, 0.29) is 18.0 Å². The van der Waals surface area contributed by atoms with E-state index in [1.807, 2.05) is 9.47 Å². The number of fused-ring (bicyclic) bond motifs is 3. The maximum Gasteiger partial charge on any atom is 0.291 e. The first kappa shape index (κ1) is 18.9. The van der Waals surface area contributed by atoms with Gasteiger partial charge in [-0.2, -0.15) is 5.10 Å². The van der Waals surface area contributed by atoms with Gasteiger partial charge in [-0.1, -0.05) is 19.9 Å². The SMILES string of the molecule is C=CCn1c2cc(C)sc2c2cnn(CC(=O)N3C[C@H](C)C[C@H](C)C3)c(=O)c21. The van der Waals surface area contributed by atoms with Gasteiger partial charge in [-0.05, 0) is 31.2 Å². The lowest BCUT2D eigenvalue weighted by atomic mass is 9.92. The molecule has 3 aromatic rings. The molecule has 6 nitrogen and oxygen atoms in total. The van der Waals surface area contributed by atoms with Gasteiger partial charge in [0.25, 0.3) is 5.56 Å². The Morgan fingerprint density at radius 3 is 2.75 bits per heavy atom. The Labute approximate surface area is 168 Å². The molecule has 0 unspecified atom stereocenters. The van der Waals surface area contributed by atoms with Crippen LogP contribution in [0.3, 0.4) is 0 Å². The van der Waals surface area contributed by atoms with Crippen molar-refractivity contribution in [2.75, 3.05) is 13.1 Å². The first-order chi connectivity index (χ1) is 13.4. The largest absolute Gasteiger partial charge is 0.341 e. The molecular formula is C21H26N4O2S. The van der Waals surface area contributed by atoms with Crippen molar-refractivity contribution in [1.29, 1.82) is 0 Å². The summed E-state index contributed by atoms with van der Waals surface area (Å²) < 4.78 is 4.36. The van der Waals surface area contributed by atoms with Gasteiger partial charge in [0.1, 0.15) is 12.1 Å². The van der Waals surface area contributed by atoms with E-state index in [0.717, 1.165) is 35.1 Å². The van der Waals surface area contributed by atoms with Crippen molar-refractivity contribution in [3.63, 3.8) is 0 Å². The lowest BCUT2D eigenvalue weighted by Crippen LogP contribution is -2.45. The number of carbonyl (C=O) groups excluding carboxylic acids is 1. The summed E-state index contributed by atoms with van der Waals surface area (Å²) in [4.78, 5) is 29.1. The molecular weight excluding hydrogens is 372 g/mol. The Morgan fingerprint density at radius 1 is 1.36 bits per heavy atom. The molecule has 0 aromatic carbocycles. The zero-order valence-corrected chi connectivity index (χ0v) is 17.5.